The maximum atomic E-state index is 4.66. The zero-order valence-electron chi connectivity index (χ0n) is 26.2. The Labute approximate surface area is 290 Å². The molecule has 0 bridgehead atoms. The van der Waals surface area contributed by atoms with Gasteiger partial charge in [-0.1, -0.05) is 102 Å². The van der Waals surface area contributed by atoms with E-state index in [4.69, 9.17) is 0 Å². The molecule has 0 N–H and O–H groups in total. The second kappa shape index (κ2) is 14.5. The molecule has 0 aliphatic rings. The van der Waals surface area contributed by atoms with Gasteiger partial charge >= 0.3 is 0 Å². The van der Waals surface area contributed by atoms with Gasteiger partial charge in [0, 0.05) is 32.5 Å². The van der Waals surface area contributed by atoms with Gasteiger partial charge in [0.25, 0.3) is 0 Å². The molecule has 0 atom stereocenters. The van der Waals surface area contributed by atoms with E-state index in [1.165, 1.54) is 49.4 Å². The smallest absolute Gasteiger partial charge is 0.0166 e. The van der Waals surface area contributed by atoms with Gasteiger partial charge in [-0.3, -0.25) is 0 Å². The Bertz CT molecular complexity index is 2200. The first-order valence-electron chi connectivity index (χ1n) is 15.5. The molecule has 229 valence electrons. The fourth-order valence-electron chi connectivity index (χ4n) is 6.12. The predicted molar refractivity (Wildman–Crippen MR) is 192 cm³/mol. The predicted octanol–water partition coefficient (Wildman–Crippen LogP) is 11.4. The molecule has 0 amide bonds. The van der Waals surface area contributed by atoms with E-state index in [0.717, 1.165) is 28.1 Å². The minimum atomic E-state index is 0. The van der Waals surface area contributed by atoms with E-state index in [-0.39, 0.29) is 20.1 Å². The molecule has 0 fully saturated rings. The molecule has 47 heavy (non-hydrogen) atoms. The van der Waals surface area contributed by atoms with Crippen molar-refractivity contribution in [3.8, 4) is 44.8 Å². The Balaban J connectivity index is 0.000000250. The quantitative estimate of drug-likeness (QED) is 0.131. The van der Waals surface area contributed by atoms with E-state index in [1.54, 1.807) is 6.20 Å². The van der Waals surface area contributed by atoms with Crippen molar-refractivity contribution in [2.24, 2.45) is 0 Å². The molecule has 0 spiro atoms. The summed E-state index contributed by atoms with van der Waals surface area (Å²) in [6.07, 6.45) is 3.69. The standard InChI is InChI=1S/C33H24N.C11H8N.Ir/c1-22-8-7-9-23(2)33(22)27-18-19-34-32(21-27)25-16-14-24(15-17-25)31-20-26-10-3-4-11-28(26)29-12-5-6-13-30(29)31;1-2-6-10(7-3-1)11-8-4-5-9-12-11;/h3-16,18-21H,1-2H3;1-6,8-9H;/q2*-1;. The third kappa shape index (κ3) is 6.83. The minimum absolute atomic E-state index is 0. The van der Waals surface area contributed by atoms with Gasteiger partial charge < -0.3 is 9.97 Å². The fraction of sp³-hybridized carbons (Fsp3) is 0.0455. The van der Waals surface area contributed by atoms with E-state index in [0.29, 0.717) is 0 Å². The van der Waals surface area contributed by atoms with Gasteiger partial charge in [0.2, 0.25) is 0 Å². The summed E-state index contributed by atoms with van der Waals surface area (Å²) in [6.45, 7) is 4.33. The van der Waals surface area contributed by atoms with Gasteiger partial charge in [-0.25, -0.2) is 0 Å². The summed E-state index contributed by atoms with van der Waals surface area (Å²) in [6, 6.07) is 57.0. The number of hydrogen-bond donors (Lipinski definition) is 0. The number of aromatic nitrogens is 2. The average Bonchev–Trinajstić information content (AvgIpc) is 3.12. The SMILES string of the molecule is Cc1cccc(C)c1-c1ccnc(-c2[c-]cc(-c3cc4ccccc4c4ccccc34)cc2)c1.[Ir].[c-]1ccccc1-c1ccccn1. The van der Waals surface area contributed by atoms with Crippen molar-refractivity contribution in [1.29, 1.82) is 0 Å². The van der Waals surface area contributed by atoms with Crippen LogP contribution >= 0.6 is 0 Å². The molecule has 2 heterocycles. The van der Waals surface area contributed by atoms with E-state index in [9.17, 15) is 0 Å². The Hall–Kier alpha value is -5.21. The second-order valence-electron chi connectivity index (χ2n) is 11.4. The second-order valence-corrected chi connectivity index (χ2v) is 11.4. The van der Waals surface area contributed by atoms with Gasteiger partial charge in [0.05, 0.1) is 0 Å². The Kier molecular flexibility index (Phi) is 9.78. The van der Waals surface area contributed by atoms with Gasteiger partial charge in [0.1, 0.15) is 0 Å². The average molecular weight is 781 g/mol. The van der Waals surface area contributed by atoms with Crippen LogP contribution in [0.15, 0.2) is 158 Å². The van der Waals surface area contributed by atoms with Crippen molar-refractivity contribution in [1.82, 2.24) is 9.97 Å². The number of benzene rings is 6. The number of pyridine rings is 2. The van der Waals surface area contributed by atoms with Crippen molar-refractivity contribution in [3.63, 3.8) is 0 Å². The largest absolute Gasteiger partial charge is 0.305 e. The maximum Gasteiger partial charge on any atom is 0.0166 e. The van der Waals surface area contributed by atoms with Crippen LogP contribution in [0.4, 0.5) is 0 Å². The first kappa shape index (κ1) is 31.8. The molecule has 0 saturated heterocycles. The van der Waals surface area contributed by atoms with Crippen molar-refractivity contribution in [2.75, 3.05) is 0 Å². The van der Waals surface area contributed by atoms with Gasteiger partial charge in [-0.2, -0.15) is 0 Å². The molecule has 8 rings (SSSR count). The summed E-state index contributed by atoms with van der Waals surface area (Å²) in [5.74, 6) is 0. The van der Waals surface area contributed by atoms with Crippen LogP contribution in [0.2, 0.25) is 0 Å². The van der Waals surface area contributed by atoms with Crippen molar-refractivity contribution in [2.45, 2.75) is 13.8 Å². The van der Waals surface area contributed by atoms with Gasteiger partial charge in [-0.05, 0) is 81.2 Å². The molecule has 0 aliphatic carbocycles. The molecule has 1 radical (unpaired) electrons. The molecule has 8 aromatic rings. The molecule has 0 aliphatic heterocycles. The van der Waals surface area contributed by atoms with Crippen LogP contribution in [-0.2, 0) is 20.1 Å². The zero-order chi connectivity index (χ0) is 31.3. The zero-order valence-corrected chi connectivity index (χ0v) is 28.6. The Morgan fingerprint density at radius 1 is 0.489 bits per heavy atom. The van der Waals surface area contributed by atoms with Crippen LogP contribution in [0.25, 0.3) is 66.3 Å². The van der Waals surface area contributed by atoms with Crippen molar-refractivity contribution in [3.05, 3.63) is 181 Å². The maximum absolute atomic E-state index is 4.66. The molecule has 0 unspecified atom stereocenters. The molecular weight excluding hydrogens is 749 g/mol. The van der Waals surface area contributed by atoms with Crippen LogP contribution in [0.5, 0.6) is 0 Å². The number of nitrogens with zero attached hydrogens (tertiary/aromatic N) is 2. The number of hydrogen-bond acceptors (Lipinski definition) is 2. The van der Waals surface area contributed by atoms with E-state index >= 15 is 0 Å². The van der Waals surface area contributed by atoms with Crippen LogP contribution in [0.3, 0.4) is 0 Å². The summed E-state index contributed by atoms with van der Waals surface area (Å²) < 4.78 is 0. The molecule has 6 aromatic carbocycles. The van der Waals surface area contributed by atoms with Gasteiger partial charge in [0.15, 0.2) is 0 Å². The molecular formula is C44H32IrN2-2. The summed E-state index contributed by atoms with van der Waals surface area (Å²) in [4.78, 5) is 8.87. The van der Waals surface area contributed by atoms with Crippen LogP contribution in [0, 0.1) is 26.0 Å². The number of aryl methyl sites for hydroxylation is 2. The number of rotatable bonds is 4. The van der Waals surface area contributed by atoms with Crippen LogP contribution in [-0.4, -0.2) is 9.97 Å². The topological polar surface area (TPSA) is 25.8 Å². The Morgan fingerprint density at radius 3 is 1.91 bits per heavy atom. The van der Waals surface area contributed by atoms with Gasteiger partial charge in [-0.15, -0.1) is 65.7 Å². The van der Waals surface area contributed by atoms with Crippen molar-refractivity contribution < 1.29 is 20.1 Å². The van der Waals surface area contributed by atoms with Crippen LogP contribution < -0.4 is 0 Å². The fourth-order valence-corrected chi connectivity index (χ4v) is 6.12. The number of fused-ring (bicyclic) bond motifs is 3. The third-order valence-corrected chi connectivity index (χ3v) is 8.35. The van der Waals surface area contributed by atoms with Crippen molar-refractivity contribution >= 4 is 21.5 Å². The normalized spacial score (nSPS) is 10.6. The summed E-state index contributed by atoms with van der Waals surface area (Å²) in [5, 5.41) is 5.08. The van der Waals surface area contributed by atoms with E-state index < -0.39 is 0 Å². The molecule has 0 saturated carbocycles. The van der Waals surface area contributed by atoms with Crippen LogP contribution in [0.1, 0.15) is 11.1 Å². The third-order valence-electron chi connectivity index (χ3n) is 8.35. The van der Waals surface area contributed by atoms with E-state index in [1.807, 2.05) is 48.7 Å². The minimum Gasteiger partial charge on any atom is -0.305 e. The molecule has 3 heteroatoms. The Morgan fingerprint density at radius 2 is 1.19 bits per heavy atom. The summed E-state index contributed by atoms with van der Waals surface area (Å²) >= 11 is 0. The van der Waals surface area contributed by atoms with E-state index in [2.05, 4.69) is 139 Å². The first-order valence-corrected chi connectivity index (χ1v) is 15.5. The monoisotopic (exact) mass is 781 g/mol. The molecule has 2 aromatic heterocycles. The first-order chi connectivity index (χ1) is 22.7. The summed E-state index contributed by atoms with van der Waals surface area (Å²) in [7, 11) is 0. The molecule has 2 nitrogen and oxygen atoms in total. The summed E-state index contributed by atoms with van der Waals surface area (Å²) in [5.41, 5.74) is 11.4.